The van der Waals surface area contributed by atoms with E-state index in [2.05, 4.69) is 13.5 Å². The quantitative estimate of drug-likeness (QED) is 0.673. The summed E-state index contributed by atoms with van der Waals surface area (Å²) in [6.45, 7) is 9.44. The minimum atomic E-state index is -0.833. The number of aliphatic hydroxyl groups is 1. The zero-order chi connectivity index (χ0) is 11.6. The van der Waals surface area contributed by atoms with Crippen molar-refractivity contribution in [3.8, 4) is 0 Å². The number of aliphatic carboxylic acids is 1. The van der Waals surface area contributed by atoms with Crippen LogP contribution in [0.4, 0.5) is 0 Å². The van der Waals surface area contributed by atoms with Crippen LogP contribution in [0.2, 0.25) is 0 Å². The van der Waals surface area contributed by atoms with E-state index in [0.29, 0.717) is 12.5 Å². The molecule has 0 radical (unpaired) electrons. The van der Waals surface area contributed by atoms with Crippen molar-refractivity contribution in [2.24, 2.45) is 5.92 Å². The van der Waals surface area contributed by atoms with Crippen LogP contribution < -0.4 is 0 Å². The summed E-state index contributed by atoms with van der Waals surface area (Å²) in [7, 11) is 0. The second kappa shape index (κ2) is 10.3. The highest BCUT2D eigenvalue weighted by Gasteiger charge is 1.99. The summed E-state index contributed by atoms with van der Waals surface area (Å²) in [5, 5.41) is 16.0. The van der Waals surface area contributed by atoms with Crippen molar-refractivity contribution < 1.29 is 15.0 Å². The monoisotopic (exact) mass is 202 g/mol. The Labute approximate surface area is 86.5 Å². The number of carboxylic acids is 1. The third-order valence-corrected chi connectivity index (χ3v) is 1.69. The molecule has 0 aliphatic heterocycles. The standard InChI is InChI=1S/C9H18O.C2H4O2/c1-8(2)4-5-9(3)6-7-10;1-2(3)4/h9-10H,1,4-7H2,2-3H3;1H3,(H,3,4). The summed E-state index contributed by atoms with van der Waals surface area (Å²) in [6.07, 6.45) is 3.18. The van der Waals surface area contributed by atoms with Gasteiger partial charge in [-0.25, -0.2) is 0 Å². The molecule has 1 unspecified atom stereocenters. The zero-order valence-electron chi connectivity index (χ0n) is 9.42. The Morgan fingerprint density at radius 3 is 2.07 bits per heavy atom. The molecule has 0 bridgehead atoms. The van der Waals surface area contributed by atoms with E-state index in [1.54, 1.807) is 0 Å². The normalized spacial score (nSPS) is 11.1. The largest absolute Gasteiger partial charge is 0.481 e. The Hall–Kier alpha value is -0.830. The fraction of sp³-hybridized carbons (Fsp3) is 0.727. The van der Waals surface area contributed by atoms with E-state index < -0.39 is 5.97 Å². The van der Waals surface area contributed by atoms with Gasteiger partial charge in [0.25, 0.3) is 5.97 Å². The van der Waals surface area contributed by atoms with Crippen molar-refractivity contribution in [3.63, 3.8) is 0 Å². The smallest absolute Gasteiger partial charge is 0.300 e. The van der Waals surface area contributed by atoms with Crippen molar-refractivity contribution in [2.75, 3.05) is 6.61 Å². The third-order valence-electron chi connectivity index (χ3n) is 1.69. The number of hydrogen-bond donors (Lipinski definition) is 2. The fourth-order valence-corrected chi connectivity index (χ4v) is 0.858. The molecule has 0 amide bonds. The molecule has 0 aromatic carbocycles. The maximum absolute atomic E-state index is 9.00. The first-order valence-electron chi connectivity index (χ1n) is 4.84. The number of allylic oxidation sites excluding steroid dienone is 1. The number of carbonyl (C=O) groups is 1. The van der Waals surface area contributed by atoms with Gasteiger partial charge in [0.1, 0.15) is 0 Å². The lowest BCUT2D eigenvalue weighted by molar-refractivity contribution is -0.134. The highest BCUT2D eigenvalue weighted by molar-refractivity contribution is 5.62. The highest BCUT2D eigenvalue weighted by atomic mass is 16.4. The van der Waals surface area contributed by atoms with Crippen molar-refractivity contribution in [1.29, 1.82) is 0 Å². The maximum Gasteiger partial charge on any atom is 0.300 e. The van der Waals surface area contributed by atoms with Crippen LogP contribution in [0.25, 0.3) is 0 Å². The lowest BCUT2D eigenvalue weighted by Gasteiger charge is -2.07. The highest BCUT2D eigenvalue weighted by Crippen LogP contribution is 2.12. The van der Waals surface area contributed by atoms with E-state index in [1.807, 2.05) is 6.92 Å². The number of hydrogen-bond acceptors (Lipinski definition) is 2. The van der Waals surface area contributed by atoms with Crippen molar-refractivity contribution >= 4 is 5.97 Å². The van der Waals surface area contributed by atoms with E-state index in [9.17, 15) is 0 Å². The van der Waals surface area contributed by atoms with E-state index >= 15 is 0 Å². The van der Waals surface area contributed by atoms with E-state index in [1.165, 1.54) is 5.57 Å². The summed E-state index contributed by atoms with van der Waals surface area (Å²) in [6, 6.07) is 0. The Morgan fingerprint density at radius 1 is 1.36 bits per heavy atom. The lowest BCUT2D eigenvalue weighted by Crippen LogP contribution is -1.97. The molecule has 0 heterocycles. The van der Waals surface area contributed by atoms with E-state index in [4.69, 9.17) is 15.0 Å². The summed E-state index contributed by atoms with van der Waals surface area (Å²) < 4.78 is 0. The molecule has 84 valence electrons. The molecular formula is C11H22O3. The number of carboxylic acid groups (broad SMARTS) is 1. The Balaban J connectivity index is 0. The molecule has 3 nitrogen and oxygen atoms in total. The number of aliphatic hydroxyl groups excluding tert-OH is 1. The second-order valence-electron chi connectivity index (χ2n) is 3.63. The molecule has 0 fully saturated rings. The molecule has 2 N–H and O–H groups in total. The van der Waals surface area contributed by atoms with Crippen LogP contribution in [-0.4, -0.2) is 22.8 Å². The summed E-state index contributed by atoms with van der Waals surface area (Å²) >= 11 is 0. The molecule has 0 aromatic heterocycles. The molecule has 0 saturated heterocycles. The van der Waals surface area contributed by atoms with Crippen molar-refractivity contribution in [1.82, 2.24) is 0 Å². The van der Waals surface area contributed by atoms with Gasteiger partial charge in [0.15, 0.2) is 0 Å². The lowest BCUT2D eigenvalue weighted by atomic mass is 10.00. The molecule has 0 aliphatic rings. The fourth-order valence-electron chi connectivity index (χ4n) is 0.858. The SMILES string of the molecule is C=C(C)CCC(C)CCO.CC(=O)O. The summed E-state index contributed by atoms with van der Waals surface area (Å²) in [5.41, 5.74) is 1.24. The van der Waals surface area contributed by atoms with Gasteiger partial charge in [0.05, 0.1) is 0 Å². The maximum atomic E-state index is 9.00. The van der Waals surface area contributed by atoms with Crippen LogP contribution >= 0.6 is 0 Å². The van der Waals surface area contributed by atoms with Gasteiger partial charge in [-0.15, -0.1) is 6.58 Å². The molecular weight excluding hydrogens is 180 g/mol. The van der Waals surface area contributed by atoms with Crippen LogP contribution in [0.1, 0.15) is 40.0 Å². The molecule has 0 aliphatic carbocycles. The molecule has 14 heavy (non-hydrogen) atoms. The van der Waals surface area contributed by atoms with Crippen molar-refractivity contribution in [3.05, 3.63) is 12.2 Å². The van der Waals surface area contributed by atoms with Gasteiger partial charge >= 0.3 is 0 Å². The molecule has 0 rings (SSSR count). The summed E-state index contributed by atoms with van der Waals surface area (Å²) in [5.74, 6) is -0.193. The van der Waals surface area contributed by atoms with Gasteiger partial charge in [0.2, 0.25) is 0 Å². The van der Waals surface area contributed by atoms with E-state index in [0.717, 1.165) is 26.2 Å². The first kappa shape index (κ1) is 15.6. The van der Waals surface area contributed by atoms with Crippen LogP contribution in [-0.2, 0) is 4.79 Å². The van der Waals surface area contributed by atoms with Gasteiger partial charge in [-0.2, -0.15) is 0 Å². The van der Waals surface area contributed by atoms with Gasteiger partial charge in [-0.3, -0.25) is 4.79 Å². The van der Waals surface area contributed by atoms with Crippen molar-refractivity contribution in [2.45, 2.75) is 40.0 Å². The second-order valence-corrected chi connectivity index (χ2v) is 3.63. The van der Waals surface area contributed by atoms with Gasteiger partial charge in [-0.1, -0.05) is 12.5 Å². The van der Waals surface area contributed by atoms with Crippen LogP contribution in [0, 0.1) is 5.92 Å². The van der Waals surface area contributed by atoms with Gasteiger partial charge in [0, 0.05) is 13.5 Å². The predicted molar refractivity (Wildman–Crippen MR) is 58.2 cm³/mol. The zero-order valence-corrected chi connectivity index (χ0v) is 9.42. The topological polar surface area (TPSA) is 57.5 Å². The average molecular weight is 202 g/mol. The molecule has 0 aromatic rings. The first-order valence-corrected chi connectivity index (χ1v) is 4.84. The molecule has 0 spiro atoms. The molecule has 1 atom stereocenters. The minimum Gasteiger partial charge on any atom is -0.481 e. The summed E-state index contributed by atoms with van der Waals surface area (Å²) in [4.78, 5) is 9.00. The Bertz CT molecular complexity index is 160. The minimum absolute atomic E-state index is 0.317. The predicted octanol–water partition coefficient (Wildman–Crippen LogP) is 2.45. The van der Waals surface area contributed by atoms with Gasteiger partial charge in [-0.05, 0) is 32.1 Å². The van der Waals surface area contributed by atoms with Crippen LogP contribution in [0.3, 0.4) is 0 Å². The third kappa shape index (κ3) is 22.5. The Kier molecular flexibility index (Phi) is 11.4. The van der Waals surface area contributed by atoms with Crippen LogP contribution in [0.5, 0.6) is 0 Å². The van der Waals surface area contributed by atoms with Gasteiger partial charge < -0.3 is 10.2 Å². The van der Waals surface area contributed by atoms with E-state index in [-0.39, 0.29) is 0 Å². The Morgan fingerprint density at radius 2 is 1.79 bits per heavy atom. The molecule has 0 saturated carbocycles. The first-order chi connectivity index (χ1) is 6.40. The average Bonchev–Trinajstić information content (AvgIpc) is 2.00. The van der Waals surface area contributed by atoms with Crippen LogP contribution in [0.15, 0.2) is 12.2 Å². The number of rotatable bonds is 5. The molecule has 3 heteroatoms.